The van der Waals surface area contributed by atoms with Crippen LogP contribution in [0.4, 0.5) is 0 Å². The van der Waals surface area contributed by atoms with Gasteiger partial charge >= 0.3 is 41.5 Å². The normalized spacial score (nSPS) is 12.5. The molecular weight excluding hydrogens is 603 g/mol. The van der Waals surface area contributed by atoms with Gasteiger partial charge in [-0.2, -0.15) is 0 Å². The molecule has 42 heavy (non-hydrogen) atoms. The van der Waals surface area contributed by atoms with Crippen molar-refractivity contribution >= 4 is 11.9 Å². The third kappa shape index (κ3) is 10.5. The minimum atomic E-state index is -1.51. The van der Waals surface area contributed by atoms with Crippen molar-refractivity contribution in [3.8, 4) is 11.5 Å². The van der Waals surface area contributed by atoms with Crippen molar-refractivity contribution in [3.05, 3.63) is 57.6 Å². The molecule has 0 aliphatic carbocycles. The van der Waals surface area contributed by atoms with E-state index >= 15 is 0 Å². The molecule has 0 aliphatic rings. The average Bonchev–Trinajstić information content (AvgIpc) is 2.92. The number of benzene rings is 2. The van der Waals surface area contributed by atoms with Gasteiger partial charge in [-0.15, -0.1) is 0 Å². The number of aliphatic carboxylic acids is 2. The van der Waals surface area contributed by atoms with E-state index in [1.165, 1.54) is 21.9 Å². The van der Waals surface area contributed by atoms with Gasteiger partial charge < -0.3 is 40.9 Å². The van der Waals surface area contributed by atoms with Crippen molar-refractivity contribution in [2.24, 2.45) is 0 Å². The van der Waals surface area contributed by atoms with Crippen LogP contribution >= 0.6 is 0 Å². The zero-order chi connectivity index (χ0) is 30.0. The molecule has 0 heterocycles. The SMILES string of the molecule is CCc1cc(CO)cc(O)c1CN(CC(=O)O)CC(CO)N(Cc1c(O)ccc(CO)c1CC)[C@H](CO)C(=O)O.[Fe].[Na+]. The van der Waals surface area contributed by atoms with Gasteiger partial charge in [-0.25, -0.2) is 0 Å². The van der Waals surface area contributed by atoms with Crippen LogP contribution in [0.3, 0.4) is 0 Å². The van der Waals surface area contributed by atoms with Crippen LogP contribution in [-0.2, 0) is 65.8 Å². The third-order valence-corrected chi connectivity index (χ3v) is 7.06. The zero-order valence-electron chi connectivity index (χ0n) is 24.2. The molecule has 14 heteroatoms. The van der Waals surface area contributed by atoms with Crippen molar-refractivity contribution in [1.82, 2.24) is 9.80 Å². The van der Waals surface area contributed by atoms with Gasteiger partial charge in [0, 0.05) is 53.9 Å². The van der Waals surface area contributed by atoms with E-state index in [4.69, 9.17) is 0 Å². The molecule has 0 spiro atoms. The quantitative estimate of drug-likeness (QED) is 0.0838. The molecule has 2 aromatic rings. The Morgan fingerprint density at radius 1 is 0.810 bits per heavy atom. The van der Waals surface area contributed by atoms with Crippen LogP contribution in [0.2, 0.25) is 0 Å². The zero-order valence-corrected chi connectivity index (χ0v) is 27.3. The maximum atomic E-state index is 12.1. The fourth-order valence-corrected chi connectivity index (χ4v) is 5.03. The topological polar surface area (TPSA) is 202 Å². The molecule has 2 aromatic carbocycles. The van der Waals surface area contributed by atoms with Crippen LogP contribution in [0.5, 0.6) is 11.5 Å². The summed E-state index contributed by atoms with van der Waals surface area (Å²) in [7, 11) is 0. The van der Waals surface area contributed by atoms with Crippen LogP contribution < -0.4 is 29.6 Å². The van der Waals surface area contributed by atoms with E-state index in [9.17, 15) is 50.4 Å². The second-order valence-electron chi connectivity index (χ2n) is 9.59. The summed E-state index contributed by atoms with van der Waals surface area (Å²) in [6.07, 6.45) is 0.890. The number of carbonyl (C=O) groups is 2. The number of hydrogen-bond donors (Lipinski definition) is 8. The Kier molecular flexibility index (Phi) is 18.7. The first-order valence-electron chi connectivity index (χ1n) is 13.1. The van der Waals surface area contributed by atoms with E-state index in [2.05, 4.69) is 0 Å². The molecule has 2 atom stereocenters. The number of phenolic OH excluding ortho intramolecular Hbond substituents is 2. The molecule has 0 bridgehead atoms. The smallest absolute Gasteiger partial charge is 0.508 e. The first-order valence-corrected chi connectivity index (χ1v) is 13.1. The number of nitrogens with zero attached hydrogens (tertiary/aromatic N) is 2. The monoisotopic (exact) mass is 643 g/mol. The number of aliphatic hydroxyl groups is 4. The number of hydrogen-bond acceptors (Lipinski definition) is 10. The summed E-state index contributed by atoms with van der Waals surface area (Å²) in [6.45, 7) is 0.666. The fraction of sp³-hybridized carbons (Fsp3) is 0.500. The van der Waals surface area contributed by atoms with E-state index in [0.29, 0.717) is 46.2 Å². The number of aliphatic hydroxyl groups excluding tert-OH is 4. The molecule has 0 aliphatic heterocycles. The number of phenols is 2. The average molecular weight is 643 g/mol. The molecule has 0 aromatic heterocycles. The number of carboxylic acids is 2. The van der Waals surface area contributed by atoms with E-state index in [-0.39, 0.29) is 91.0 Å². The van der Waals surface area contributed by atoms with Gasteiger partial charge in [-0.1, -0.05) is 26.0 Å². The summed E-state index contributed by atoms with van der Waals surface area (Å²) in [5, 5.41) is 80.4. The summed E-state index contributed by atoms with van der Waals surface area (Å²) >= 11 is 0. The van der Waals surface area contributed by atoms with Crippen LogP contribution in [-0.4, -0.2) is 101 Å². The van der Waals surface area contributed by atoms with Crippen molar-refractivity contribution in [2.75, 3.05) is 26.3 Å². The Bertz CT molecular complexity index is 1170. The van der Waals surface area contributed by atoms with E-state index < -0.39 is 43.8 Å². The Morgan fingerprint density at radius 2 is 1.48 bits per heavy atom. The standard InChI is InChI=1S/C28H40N2O10.Fe.Na/c1-3-18-7-17(13-31)8-26(36)22(18)10-29(12-27(37)38)9-20(15-33)30(24(16-34)28(39)40)11-23-21(4-2)19(14-32)5-6-25(23)35;;/h5-8,20,24,31-36H,3-4,9-16H2,1-2H3,(H,37,38)(H,39,40);;/q;;+1/t20?,24-;;/m1../s1. The molecule has 2 rings (SSSR count). The molecule has 1 unspecified atom stereocenters. The molecular formula is C28H40FeN2NaO10+. The molecule has 0 saturated carbocycles. The molecule has 8 N–H and O–H groups in total. The van der Waals surface area contributed by atoms with Gasteiger partial charge in [0.25, 0.3) is 0 Å². The Morgan fingerprint density at radius 3 is 1.95 bits per heavy atom. The Hall–Kier alpha value is -1.74. The van der Waals surface area contributed by atoms with Crippen molar-refractivity contribution in [3.63, 3.8) is 0 Å². The maximum absolute atomic E-state index is 12.1. The molecule has 0 amide bonds. The fourth-order valence-electron chi connectivity index (χ4n) is 5.03. The summed E-state index contributed by atoms with van der Waals surface area (Å²) in [5.41, 5.74) is 3.06. The van der Waals surface area contributed by atoms with Crippen molar-refractivity contribution in [2.45, 2.75) is 65.1 Å². The second-order valence-corrected chi connectivity index (χ2v) is 9.59. The van der Waals surface area contributed by atoms with Gasteiger partial charge in [-0.05, 0) is 47.2 Å². The second kappa shape index (κ2) is 19.5. The summed E-state index contributed by atoms with van der Waals surface area (Å²) in [5.74, 6) is -2.85. The number of aromatic hydroxyl groups is 2. The van der Waals surface area contributed by atoms with E-state index in [1.54, 1.807) is 19.1 Å². The van der Waals surface area contributed by atoms with E-state index in [0.717, 1.165) is 0 Å². The van der Waals surface area contributed by atoms with E-state index in [1.807, 2.05) is 6.92 Å². The van der Waals surface area contributed by atoms with Gasteiger partial charge in [0.05, 0.1) is 33.0 Å². The predicted molar refractivity (Wildman–Crippen MR) is 145 cm³/mol. The first-order chi connectivity index (χ1) is 19.0. The Balaban J connectivity index is 0.00000840. The maximum Gasteiger partial charge on any atom is 1.00 e. The molecule has 0 fully saturated rings. The molecule has 12 nitrogen and oxygen atoms in total. The molecule has 0 saturated heterocycles. The van der Waals surface area contributed by atoms with Gasteiger partial charge in [0.1, 0.15) is 17.5 Å². The van der Waals surface area contributed by atoms with Gasteiger partial charge in [0.2, 0.25) is 0 Å². The van der Waals surface area contributed by atoms with Crippen molar-refractivity contribution in [1.29, 1.82) is 0 Å². The van der Waals surface area contributed by atoms with Gasteiger partial charge in [-0.3, -0.25) is 19.4 Å². The van der Waals surface area contributed by atoms with Crippen LogP contribution in [0.1, 0.15) is 47.2 Å². The summed E-state index contributed by atoms with van der Waals surface area (Å²) < 4.78 is 0. The van der Waals surface area contributed by atoms with Crippen LogP contribution in [0.25, 0.3) is 0 Å². The summed E-state index contributed by atoms with van der Waals surface area (Å²) in [4.78, 5) is 26.6. The van der Waals surface area contributed by atoms with Crippen LogP contribution in [0, 0.1) is 0 Å². The Labute approximate surface area is 278 Å². The van der Waals surface area contributed by atoms with Crippen molar-refractivity contribution < 1.29 is 97.1 Å². The molecule has 0 radical (unpaired) electrons. The predicted octanol–water partition coefficient (Wildman–Crippen LogP) is -2.60. The number of rotatable bonds is 17. The number of carboxylic acid groups (broad SMARTS) is 2. The first kappa shape index (κ1) is 40.3. The minimum absolute atomic E-state index is 0. The van der Waals surface area contributed by atoms with Crippen LogP contribution in [0.15, 0.2) is 24.3 Å². The molecule has 230 valence electrons. The minimum Gasteiger partial charge on any atom is -0.508 e. The largest absolute Gasteiger partial charge is 1.00 e. The number of aryl methyl sites for hydroxylation is 1. The van der Waals surface area contributed by atoms with Gasteiger partial charge in [0.15, 0.2) is 0 Å². The third-order valence-electron chi connectivity index (χ3n) is 7.06. The summed E-state index contributed by atoms with van der Waals surface area (Å²) in [6, 6.07) is 3.51.